The van der Waals surface area contributed by atoms with Crippen molar-refractivity contribution < 1.29 is 9.59 Å². The minimum absolute atomic E-state index is 0.0355. The number of nitrogens with one attached hydrogen (secondary N) is 3. The van der Waals surface area contributed by atoms with Crippen molar-refractivity contribution in [2.45, 2.75) is 18.9 Å². The van der Waals surface area contributed by atoms with Gasteiger partial charge in [0.15, 0.2) is 5.69 Å². The molecule has 1 atom stereocenters. The van der Waals surface area contributed by atoms with Gasteiger partial charge >= 0.3 is 0 Å². The predicted octanol–water partition coefficient (Wildman–Crippen LogP) is -1.19. The second kappa shape index (κ2) is 4.07. The number of nitrogens with zero attached hydrogens (tertiary/aromatic N) is 2. The highest BCUT2D eigenvalue weighted by molar-refractivity contribution is 5.91. The molecule has 0 radical (unpaired) electrons. The Morgan fingerprint density at radius 1 is 1.67 bits per heavy atom. The minimum Gasteiger partial charge on any atom is -0.352 e. The number of hydrogen-bond donors (Lipinski definition) is 3. The molecule has 1 unspecified atom stereocenters. The number of carbonyl (C=O) groups excluding carboxylic acids is 2. The average Bonchev–Trinajstić information content (AvgIpc) is 2.84. The van der Waals surface area contributed by atoms with Crippen LogP contribution in [0.15, 0.2) is 6.20 Å². The third-order valence-electron chi connectivity index (χ3n) is 2.24. The summed E-state index contributed by atoms with van der Waals surface area (Å²) in [5, 5.41) is 15.0. The Morgan fingerprint density at radius 3 is 3.13 bits per heavy atom. The summed E-state index contributed by atoms with van der Waals surface area (Å²) >= 11 is 0. The first kappa shape index (κ1) is 9.63. The van der Waals surface area contributed by atoms with Crippen LogP contribution in [0, 0.1) is 0 Å². The van der Waals surface area contributed by atoms with E-state index >= 15 is 0 Å². The number of amides is 2. The van der Waals surface area contributed by atoms with Gasteiger partial charge in [-0.3, -0.25) is 9.59 Å². The molecule has 15 heavy (non-hydrogen) atoms. The summed E-state index contributed by atoms with van der Waals surface area (Å²) in [5.41, 5.74) is 0.249. The Labute approximate surface area is 85.6 Å². The molecule has 1 aromatic heterocycles. The van der Waals surface area contributed by atoms with E-state index in [1.54, 1.807) is 0 Å². The quantitative estimate of drug-likeness (QED) is 0.583. The fourth-order valence-electron chi connectivity index (χ4n) is 1.45. The average molecular weight is 209 g/mol. The molecule has 7 heteroatoms. The Morgan fingerprint density at radius 2 is 2.53 bits per heavy atom. The molecule has 1 aromatic rings. The van der Waals surface area contributed by atoms with E-state index in [4.69, 9.17) is 0 Å². The smallest absolute Gasteiger partial charge is 0.273 e. The number of rotatable bonds is 3. The largest absolute Gasteiger partial charge is 0.352 e. The molecule has 3 N–H and O–H groups in total. The van der Waals surface area contributed by atoms with Crippen molar-refractivity contribution in [1.29, 1.82) is 0 Å². The van der Waals surface area contributed by atoms with Crippen LogP contribution in [0.1, 0.15) is 23.3 Å². The summed E-state index contributed by atoms with van der Waals surface area (Å²) in [6.45, 7) is 0.428. The van der Waals surface area contributed by atoms with Gasteiger partial charge in [0, 0.05) is 19.0 Å². The molecule has 1 aliphatic rings. The SMILES string of the molecule is O=C1CCC(CNC(=O)c2cn[nH]n2)N1. The van der Waals surface area contributed by atoms with Crippen molar-refractivity contribution in [2.75, 3.05) is 6.54 Å². The molecule has 2 amide bonds. The van der Waals surface area contributed by atoms with E-state index in [0.29, 0.717) is 13.0 Å². The summed E-state index contributed by atoms with van der Waals surface area (Å²) in [5.74, 6) is -0.249. The molecule has 0 spiro atoms. The van der Waals surface area contributed by atoms with Crippen LogP contribution in [0.4, 0.5) is 0 Å². The van der Waals surface area contributed by atoms with Crippen molar-refractivity contribution in [2.24, 2.45) is 0 Å². The molecule has 1 aliphatic heterocycles. The summed E-state index contributed by atoms with van der Waals surface area (Å²) < 4.78 is 0. The van der Waals surface area contributed by atoms with Crippen molar-refractivity contribution in [3.8, 4) is 0 Å². The molecule has 0 aliphatic carbocycles. The van der Waals surface area contributed by atoms with Gasteiger partial charge in [-0.2, -0.15) is 15.4 Å². The molecule has 2 rings (SSSR count). The molecular weight excluding hydrogens is 198 g/mol. The first-order chi connectivity index (χ1) is 7.25. The second-order valence-corrected chi connectivity index (χ2v) is 3.37. The van der Waals surface area contributed by atoms with Crippen LogP contribution in [0.2, 0.25) is 0 Å². The summed E-state index contributed by atoms with van der Waals surface area (Å²) in [6.07, 6.45) is 2.64. The van der Waals surface area contributed by atoms with Gasteiger partial charge in [0.2, 0.25) is 5.91 Å². The van der Waals surface area contributed by atoms with Gasteiger partial charge < -0.3 is 10.6 Å². The van der Waals surface area contributed by atoms with E-state index in [1.165, 1.54) is 6.20 Å². The van der Waals surface area contributed by atoms with Crippen molar-refractivity contribution >= 4 is 11.8 Å². The van der Waals surface area contributed by atoms with Crippen LogP contribution < -0.4 is 10.6 Å². The zero-order chi connectivity index (χ0) is 10.7. The summed E-state index contributed by atoms with van der Waals surface area (Å²) in [7, 11) is 0. The number of aromatic nitrogens is 3. The first-order valence-electron chi connectivity index (χ1n) is 4.69. The zero-order valence-electron chi connectivity index (χ0n) is 7.99. The van der Waals surface area contributed by atoms with E-state index in [0.717, 1.165) is 6.42 Å². The monoisotopic (exact) mass is 209 g/mol. The van der Waals surface area contributed by atoms with Crippen LogP contribution in [0.5, 0.6) is 0 Å². The summed E-state index contributed by atoms with van der Waals surface area (Å²) in [6, 6.07) is 0.0355. The van der Waals surface area contributed by atoms with Gasteiger partial charge in [0.05, 0.1) is 6.20 Å². The molecule has 0 bridgehead atoms. The molecular formula is C8H11N5O2. The molecule has 0 aromatic carbocycles. The van der Waals surface area contributed by atoms with Crippen LogP contribution in [-0.2, 0) is 4.79 Å². The third-order valence-corrected chi connectivity index (χ3v) is 2.24. The standard InChI is InChI=1S/C8H11N5O2/c14-7-2-1-5(11-7)3-9-8(15)6-4-10-13-12-6/h4-5H,1-3H2,(H,9,15)(H,11,14)(H,10,12,13). The maximum absolute atomic E-state index is 11.4. The highest BCUT2D eigenvalue weighted by Crippen LogP contribution is 2.05. The fourth-order valence-corrected chi connectivity index (χ4v) is 1.45. The highest BCUT2D eigenvalue weighted by Gasteiger charge is 2.21. The third kappa shape index (κ3) is 2.30. The maximum Gasteiger partial charge on any atom is 0.273 e. The Kier molecular flexibility index (Phi) is 2.61. The normalized spacial score (nSPS) is 20.0. The molecule has 7 nitrogen and oxygen atoms in total. The van der Waals surface area contributed by atoms with E-state index in [9.17, 15) is 9.59 Å². The molecule has 1 saturated heterocycles. The Hall–Kier alpha value is -1.92. The van der Waals surface area contributed by atoms with E-state index in [1.807, 2.05) is 0 Å². The molecule has 1 fully saturated rings. The van der Waals surface area contributed by atoms with Crippen molar-refractivity contribution in [1.82, 2.24) is 26.0 Å². The van der Waals surface area contributed by atoms with Gasteiger partial charge in [-0.05, 0) is 6.42 Å². The van der Waals surface area contributed by atoms with Gasteiger partial charge in [-0.15, -0.1) is 0 Å². The van der Waals surface area contributed by atoms with Crippen LogP contribution in [0.25, 0.3) is 0 Å². The lowest BCUT2D eigenvalue weighted by Crippen LogP contribution is -2.38. The lowest BCUT2D eigenvalue weighted by molar-refractivity contribution is -0.119. The fraction of sp³-hybridized carbons (Fsp3) is 0.500. The number of hydrogen-bond acceptors (Lipinski definition) is 4. The molecule has 0 saturated carbocycles. The van der Waals surface area contributed by atoms with Gasteiger partial charge in [-0.1, -0.05) is 0 Å². The zero-order valence-corrected chi connectivity index (χ0v) is 7.99. The van der Waals surface area contributed by atoms with Crippen LogP contribution in [0.3, 0.4) is 0 Å². The van der Waals surface area contributed by atoms with E-state index in [2.05, 4.69) is 26.0 Å². The van der Waals surface area contributed by atoms with Gasteiger partial charge in [0.25, 0.3) is 5.91 Å². The maximum atomic E-state index is 11.4. The topological polar surface area (TPSA) is 99.8 Å². The Balaban J connectivity index is 1.79. The predicted molar refractivity (Wildman–Crippen MR) is 49.9 cm³/mol. The number of aromatic amines is 1. The minimum atomic E-state index is -0.287. The van der Waals surface area contributed by atoms with Gasteiger partial charge in [0.1, 0.15) is 0 Å². The lowest BCUT2D eigenvalue weighted by atomic mass is 10.2. The van der Waals surface area contributed by atoms with Crippen molar-refractivity contribution in [3.05, 3.63) is 11.9 Å². The van der Waals surface area contributed by atoms with E-state index < -0.39 is 0 Å². The van der Waals surface area contributed by atoms with Gasteiger partial charge in [-0.25, -0.2) is 0 Å². The first-order valence-corrected chi connectivity index (χ1v) is 4.69. The van der Waals surface area contributed by atoms with Crippen LogP contribution >= 0.6 is 0 Å². The summed E-state index contributed by atoms with van der Waals surface area (Å²) in [4.78, 5) is 22.3. The highest BCUT2D eigenvalue weighted by atomic mass is 16.2. The van der Waals surface area contributed by atoms with Crippen LogP contribution in [-0.4, -0.2) is 39.8 Å². The second-order valence-electron chi connectivity index (χ2n) is 3.37. The number of carbonyl (C=O) groups is 2. The number of H-pyrrole nitrogens is 1. The van der Waals surface area contributed by atoms with E-state index in [-0.39, 0.29) is 23.6 Å². The Bertz CT molecular complexity index is 361. The lowest BCUT2D eigenvalue weighted by Gasteiger charge is -2.09. The van der Waals surface area contributed by atoms with Crippen molar-refractivity contribution in [3.63, 3.8) is 0 Å². The molecule has 2 heterocycles. The molecule has 80 valence electrons.